The van der Waals surface area contributed by atoms with E-state index < -0.39 is 0 Å². The number of rotatable bonds is 8. The Bertz CT molecular complexity index is 644. The van der Waals surface area contributed by atoms with Gasteiger partial charge in [0.25, 0.3) is 0 Å². The normalized spacial score (nSPS) is 12.9. The van der Waals surface area contributed by atoms with Crippen molar-refractivity contribution in [2.45, 2.75) is 32.4 Å². The van der Waals surface area contributed by atoms with Gasteiger partial charge in [-0.25, -0.2) is 4.79 Å². The number of carbonyl (C=O) groups is 1. The van der Waals surface area contributed by atoms with Crippen molar-refractivity contribution >= 4 is 6.03 Å². The largest absolute Gasteiger partial charge is 0.494 e. The molecule has 0 aliphatic carbocycles. The van der Waals surface area contributed by atoms with Crippen molar-refractivity contribution in [1.29, 1.82) is 0 Å². The minimum atomic E-state index is -0.266. The Morgan fingerprint density at radius 3 is 2.28 bits per heavy atom. The van der Waals surface area contributed by atoms with E-state index in [-0.39, 0.29) is 24.7 Å². The third-order valence-corrected chi connectivity index (χ3v) is 3.87. The van der Waals surface area contributed by atoms with Crippen molar-refractivity contribution < 1.29 is 14.6 Å². The summed E-state index contributed by atoms with van der Waals surface area (Å²) in [5.41, 5.74) is 1.97. The fraction of sp³-hybridized carbons (Fsp3) is 0.350. The number of benzene rings is 2. The number of ether oxygens (including phenoxy) is 1. The number of urea groups is 1. The molecule has 0 fully saturated rings. The summed E-state index contributed by atoms with van der Waals surface area (Å²) >= 11 is 0. The second kappa shape index (κ2) is 9.69. The lowest BCUT2D eigenvalue weighted by Crippen LogP contribution is -2.42. The molecule has 2 aromatic rings. The van der Waals surface area contributed by atoms with Crippen LogP contribution >= 0.6 is 0 Å². The first-order valence-corrected chi connectivity index (χ1v) is 8.59. The molecule has 0 heterocycles. The highest BCUT2D eigenvalue weighted by Gasteiger charge is 2.17. The van der Waals surface area contributed by atoms with Crippen LogP contribution in [0, 0.1) is 0 Å². The summed E-state index contributed by atoms with van der Waals surface area (Å²) < 4.78 is 5.48. The fourth-order valence-electron chi connectivity index (χ4n) is 2.59. The molecule has 5 nitrogen and oxygen atoms in total. The third kappa shape index (κ3) is 5.80. The number of nitrogens with one attached hydrogen (secondary N) is 2. The molecule has 2 rings (SSSR count). The van der Waals surface area contributed by atoms with Gasteiger partial charge in [0.15, 0.2) is 0 Å². The van der Waals surface area contributed by atoms with E-state index in [2.05, 4.69) is 10.6 Å². The highest BCUT2D eigenvalue weighted by Crippen LogP contribution is 2.24. The fourth-order valence-corrected chi connectivity index (χ4v) is 2.59. The van der Waals surface area contributed by atoms with Crippen LogP contribution in [0.15, 0.2) is 54.6 Å². The molecule has 134 valence electrons. The summed E-state index contributed by atoms with van der Waals surface area (Å²) in [4.78, 5) is 12.3. The maximum absolute atomic E-state index is 12.3. The molecular weight excluding hydrogens is 316 g/mol. The Hall–Kier alpha value is -2.53. The van der Waals surface area contributed by atoms with Crippen molar-refractivity contribution in [2.75, 3.05) is 13.2 Å². The Labute approximate surface area is 149 Å². The second-order valence-corrected chi connectivity index (χ2v) is 5.88. The van der Waals surface area contributed by atoms with Crippen LogP contribution in [0.5, 0.6) is 5.75 Å². The number of hydrogen-bond acceptors (Lipinski definition) is 3. The predicted octanol–water partition coefficient (Wildman–Crippen LogP) is 3.24. The Balaban J connectivity index is 2.17. The van der Waals surface area contributed by atoms with Gasteiger partial charge in [-0.3, -0.25) is 0 Å². The van der Waals surface area contributed by atoms with Gasteiger partial charge in [0.2, 0.25) is 0 Å². The third-order valence-electron chi connectivity index (χ3n) is 3.87. The molecule has 3 N–H and O–H groups in total. The van der Waals surface area contributed by atoms with Crippen LogP contribution in [0.25, 0.3) is 0 Å². The smallest absolute Gasteiger partial charge is 0.315 e. The first kappa shape index (κ1) is 18.8. The van der Waals surface area contributed by atoms with E-state index in [1.165, 1.54) is 0 Å². The molecular formula is C20H26N2O3. The first-order valence-electron chi connectivity index (χ1n) is 8.59. The lowest BCUT2D eigenvalue weighted by molar-refractivity contribution is 0.229. The van der Waals surface area contributed by atoms with Gasteiger partial charge in [0.05, 0.1) is 12.6 Å². The Kier molecular flexibility index (Phi) is 7.29. The zero-order chi connectivity index (χ0) is 18.1. The maximum atomic E-state index is 12.3. The second-order valence-electron chi connectivity index (χ2n) is 5.88. The minimum absolute atomic E-state index is 0.0441. The summed E-state index contributed by atoms with van der Waals surface area (Å²) in [5, 5.41) is 14.8. The van der Waals surface area contributed by atoms with Gasteiger partial charge in [0, 0.05) is 12.6 Å². The van der Waals surface area contributed by atoms with Gasteiger partial charge in [-0.05, 0) is 43.5 Å². The molecule has 0 saturated carbocycles. The summed E-state index contributed by atoms with van der Waals surface area (Å²) in [6.45, 7) is 4.47. The average Bonchev–Trinajstić information content (AvgIpc) is 2.62. The summed E-state index contributed by atoms with van der Waals surface area (Å²) in [7, 11) is 0. The molecule has 2 amide bonds. The average molecular weight is 342 g/mol. The number of aliphatic hydroxyl groups is 1. The van der Waals surface area contributed by atoms with Crippen LogP contribution in [0.4, 0.5) is 4.79 Å². The first-order chi connectivity index (χ1) is 12.1. The molecule has 2 atom stereocenters. The number of carbonyl (C=O) groups excluding carboxylic acids is 1. The van der Waals surface area contributed by atoms with E-state index in [4.69, 9.17) is 9.84 Å². The van der Waals surface area contributed by atoms with E-state index in [0.717, 1.165) is 16.9 Å². The summed E-state index contributed by atoms with van der Waals surface area (Å²) in [6.07, 6.45) is 0.520. The van der Waals surface area contributed by atoms with Gasteiger partial charge in [-0.15, -0.1) is 0 Å². The number of amides is 2. The molecule has 25 heavy (non-hydrogen) atoms. The zero-order valence-electron chi connectivity index (χ0n) is 14.7. The van der Waals surface area contributed by atoms with Crippen molar-refractivity contribution in [3.8, 4) is 5.75 Å². The molecule has 0 aromatic heterocycles. The van der Waals surface area contributed by atoms with Crippen LogP contribution in [0.3, 0.4) is 0 Å². The van der Waals surface area contributed by atoms with E-state index in [9.17, 15) is 4.79 Å². The van der Waals surface area contributed by atoms with E-state index in [0.29, 0.717) is 13.0 Å². The zero-order valence-corrected chi connectivity index (χ0v) is 14.7. The van der Waals surface area contributed by atoms with Crippen molar-refractivity contribution in [1.82, 2.24) is 10.6 Å². The van der Waals surface area contributed by atoms with E-state index >= 15 is 0 Å². The van der Waals surface area contributed by atoms with Crippen LogP contribution in [0.2, 0.25) is 0 Å². The van der Waals surface area contributed by atoms with Gasteiger partial charge < -0.3 is 20.5 Å². The molecule has 5 heteroatoms. The summed E-state index contributed by atoms with van der Waals surface area (Å²) in [6, 6.07) is 16.9. The van der Waals surface area contributed by atoms with E-state index in [1.54, 1.807) is 0 Å². The van der Waals surface area contributed by atoms with Crippen molar-refractivity contribution in [2.24, 2.45) is 0 Å². The molecule has 0 radical (unpaired) electrons. The van der Waals surface area contributed by atoms with Crippen LogP contribution in [-0.2, 0) is 0 Å². The standard InChI is InChI=1S/C20H26N2O3/c1-3-25-18-11-9-17(10-12-18)19(16-7-5-4-6-8-16)22-20(24)21-15(2)13-14-23/h4-12,15,19,23H,3,13-14H2,1-2H3,(H2,21,22,24)/t15-,19?/m1/s1. The topological polar surface area (TPSA) is 70.6 Å². The molecule has 0 aliphatic rings. The lowest BCUT2D eigenvalue weighted by atomic mass is 9.99. The predicted molar refractivity (Wildman–Crippen MR) is 98.7 cm³/mol. The SMILES string of the molecule is CCOc1ccc(C(NC(=O)N[C@H](C)CCO)c2ccccc2)cc1. The van der Waals surface area contributed by atoms with Crippen molar-refractivity contribution in [3.63, 3.8) is 0 Å². The minimum Gasteiger partial charge on any atom is -0.494 e. The Morgan fingerprint density at radius 2 is 1.68 bits per heavy atom. The summed E-state index contributed by atoms with van der Waals surface area (Å²) in [5.74, 6) is 0.805. The monoisotopic (exact) mass is 342 g/mol. The molecule has 1 unspecified atom stereocenters. The van der Waals surface area contributed by atoms with Gasteiger partial charge >= 0.3 is 6.03 Å². The van der Waals surface area contributed by atoms with Crippen LogP contribution in [-0.4, -0.2) is 30.4 Å². The van der Waals surface area contributed by atoms with Crippen LogP contribution in [0.1, 0.15) is 37.4 Å². The van der Waals surface area contributed by atoms with E-state index in [1.807, 2.05) is 68.4 Å². The van der Waals surface area contributed by atoms with Crippen molar-refractivity contribution in [3.05, 3.63) is 65.7 Å². The van der Waals surface area contributed by atoms with Crippen LogP contribution < -0.4 is 15.4 Å². The quantitative estimate of drug-likeness (QED) is 0.690. The molecule has 0 aliphatic heterocycles. The molecule has 0 spiro atoms. The van der Waals surface area contributed by atoms with Gasteiger partial charge in [0.1, 0.15) is 5.75 Å². The molecule has 2 aromatic carbocycles. The lowest BCUT2D eigenvalue weighted by Gasteiger charge is -2.22. The maximum Gasteiger partial charge on any atom is 0.315 e. The van der Waals surface area contributed by atoms with Gasteiger partial charge in [-0.1, -0.05) is 42.5 Å². The van der Waals surface area contributed by atoms with Gasteiger partial charge in [-0.2, -0.15) is 0 Å². The Morgan fingerprint density at radius 1 is 1.04 bits per heavy atom. The molecule has 0 bridgehead atoms. The number of aliphatic hydroxyl groups excluding tert-OH is 1. The highest BCUT2D eigenvalue weighted by molar-refractivity contribution is 5.75. The highest BCUT2D eigenvalue weighted by atomic mass is 16.5. The number of hydrogen-bond donors (Lipinski definition) is 3. The molecule has 0 saturated heterocycles.